The molecule has 2 amide bonds. The van der Waals surface area contributed by atoms with Crippen LogP contribution in [-0.4, -0.2) is 17.9 Å². The number of benzene rings is 1. The fourth-order valence-corrected chi connectivity index (χ4v) is 1.46. The summed E-state index contributed by atoms with van der Waals surface area (Å²) in [6.07, 6.45) is 1.65. The molecule has 1 aliphatic rings. The zero-order valence-electron chi connectivity index (χ0n) is 8.86. The van der Waals surface area contributed by atoms with E-state index in [1.807, 2.05) is 30.3 Å². The Morgan fingerprint density at radius 2 is 1.88 bits per heavy atom. The largest absolute Gasteiger partial charge is 0.339 e. The van der Waals surface area contributed by atoms with Crippen molar-refractivity contribution in [2.24, 2.45) is 0 Å². The highest BCUT2D eigenvalue weighted by atomic mass is 16.2. The number of carbonyl (C=O) groups excluding carboxylic acids is 2. The smallest absolute Gasteiger partial charge is 0.268 e. The third-order valence-electron chi connectivity index (χ3n) is 2.35. The van der Waals surface area contributed by atoms with Gasteiger partial charge >= 0.3 is 0 Å². The van der Waals surface area contributed by atoms with Crippen molar-refractivity contribution in [2.45, 2.75) is 13.0 Å². The molecule has 1 saturated heterocycles. The lowest BCUT2D eigenvalue weighted by Crippen LogP contribution is -2.53. The van der Waals surface area contributed by atoms with E-state index < -0.39 is 6.04 Å². The van der Waals surface area contributed by atoms with Gasteiger partial charge in [0.05, 0.1) is 0 Å². The van der Waals surface area contributed by atoms with E-state index in [1.165, 1.54) is 0 Å². The van der Waals surface area contributed by atoms with E-state index in [0.717, 1.165) is 5.56 Å². The van der Waals surface area contributed by atoms with Gasteiger partial charge in [0.2, 0.25) is 5.91 Å². The highest BCUT2D eigenvalue weighted by Crippen LogP contribution is 2.07. The first-order valence-electron chi connectivity index (χ1n) is 5.05. The third-order valence-corrected chi connectivity index (χ3v) is 2.35. The molecular weight excluding hydrogens is 204 g/mol. The third kappa shape index (κ3) is 2.11. The number of hydrogen-bond acceptors (Lipinski definition) is 2. The summed E-state index contributed by atoms with van der Waals surface area (Å²) in [5.41, 5.74) is 1.16. The molecule has 0 unspecified atom stereocenters. The summed E-state index contributed by atoms with van der Waals surface area (Å²) in [7, 11) is 0. The second kappa shape index (κ2) is 4.18. The topological polar surface area (TPSA) is 58.2 Å². The summed E-state index contributed by atoms with van der Waals surface area (Å²) in [6, 6.07) is 8.90. The van der Waals surface area contributed by atoms with Gasteiger partial charge in [-0.05, 0) is 18.6 Å². The minimum Gasteiger partial charge on any atom is -0.339 e. The number of piperazine rings is 1. The first-order valence-corrected chi connectivity index (χ1v) is 5.05. The first-order chi connectivity index (χ1) is 7.66. The van der Waals surface area contributed by atoms with Crippen LogP contribution in [0.1, 0.15) is 12.5 Å². The lowest BCUT2D eigenvalue weighted by Gasteiger charge is -2.21. The van der Waals surface area contributed by atoms with Crippen LogP contribution in [0.5, 0.6) is 0 Å². The fraction of sp³-hybridized carbons (Fsp3) is 0.167. The SMILES string of the molecule is C[C@@H]1NC(=O)/C(=C/c2ccccc2)NC1=O. The molecule has 1 fully saturated rings. The number of rotatable bonds is 1. The standard InChI is InChI=1S/C12H12N2O2/c1-8-11(15)14-10(12(16)13-8)7-9-5-3-2-4-6-9/h2-8H,1H3,(H,13,16)(H,14,15)/b10-7-/t8-/m0/s1. The summed E-state index contributed by atoms with van der Waals surface area (Å²) in [5, 5.41) is 5.15. The van der Waals surface area contributed by atoms with Crippen LogP contribution in [0.4, 0.5) is 0 Å². The van der Waals surface area contributed by atoms with Crippen LogP contribution < -0.4 is 10.6 Å². The normalized spacial score (nSPS) is 22.8. The van der Waals surface area contributed by atoms with Gasteiger partial charge in [0.1, 0.15) is 11.7 Å². The number of carbonyl (C=O) groups is 2. The molecule has 1 atom stereocenters. The molecule has 0 bridgehead atoms. The first kappa shape index (κ1) is 10.4. The predicted octanol–water partition coefficient (Wildman–Crippen LogP) is 0.662. The van der Waals surface area contributed by atoms with Gasteiger partial charge in [0, 0.05) is 0 Å². The Morgan fingerprint density at radius 1 is 1.19 bits per heavy atom. The van der Waals surface area contributed by atoms with Crippen molar-refractivity contribution < 1.29 is 9.59 Å². The molecule has 4 nitrogen and oxygen atoms in total. The van der Waals surface area contributed by atoms with Crippen LogP contribution in [0.3, 0.4) is 0 Å². The van der Waals surface area contributed by atoms with Crippen LogP contribution in [0.25, 0.3) is 6.08 Å². The predicted molar refractivity (Wildman–Crippen MR) is 60.2 cm³/mol. The molecule has 2 N–H and O–H groups in total. The van der Waals surface area contributed by atoms with Crippen molar-refractivity contribution in [3.05, 3.63) is 41.6 Å². The maximum atomic E-state index is 11.6. The van der Waals surface area contributed by atoms with Gasteiger partial charge < -0.3 is 10.6 Å². The minimum absolute atomic E-state index is 0.193. The maximum absolute atomic E-state index is 11.6. The van der Waals surface area contributed by atoms with Crippen molar-refractivity contribution in [3.63, 3.8) is 0 Å². The molecule has 82 valence electrons. The zero-order chi connectivity index (χ0) is 11.5. The molecule has 2 rings (SSSR count). The van der Waals surface area contributed by atoms with Crippen molar-refractivity contribution >= 4 is 17.9 Å². The Kier molecular flexibility index (Phi) is 2.72. The van der Waals surface area contributed by atoms with Gasteiger partial charge in [0.25, 0.3) is 5.91 Å². The van der Waals surface area contributed by atoms with E-state index in [0.29, 0.717) is 0 Å². The number of nitrogens with one attached hydrogen (secondary N) is 2. The number of hydrogen-bond donors (Lipinski definition) is 2. The van der Waals surface area contributed by atoms with Gasteiger partial charge in [-0.2, -0.15) is 0 Å². The molecule has 0 spiro atoms. The summed E-state index contributed by atoms with van der Waals surface area (Å²) < 4.78 is 0. The Balaban J connectivity index is 2.25. The van der Waals surface area contributed by atoms with Crippen molar-refractivity contribution in [3.8, 4) is 0 Å². The number of amides is 2. The Labute approximate surface area is 93.3 Å². The summed E-state index contributed by atoms with van der Waals surface area (Å²) >= 11 is 0. The van der Waals surface area contributed by atoms with Crippen molar-refractivity contribution in [1.82, 2.24) is 10.6 Å². The van der Waals surface area contributed by atoms with Gasteiger partial charge in [-0.15, -0.1) is 0 Å². The van der Waals surface area contributed by atoms with Gasteiger partial charge in [0.15, 0.2) is 0 Å². The highest BCUT2D eigenvalue weighted by molar-refractivity contribution is 6.07. The van der Waals surface area contributed by atoms with Gasteiger partial charge in [-0.3, -0.25) is 9.59 Å². The fourth-order valence-electron chi connectivity index (χ4n) is 1.46. The van der Waals surface area contributed by atoms with E-state index in [-0.39, 0.29) is 17.5 Å². The molecule has 1 aliphatic heterocycles. The van der Waals surface area contributed by atoms with Crippen LogP contribution in [0.2, 0.25) is 0 Å². The van der Waals surface area contributed by atoms with E-state index >= 15 is 0 Å². The Hall–Kier alpha value is -2.10. The summed E-state index contributed by atoms with van der Waals surface area (Å²) in [6.45, 7) is 1.65. The minimum atomic E-state index is -0.472. The average molecular weight is 216 g/mol. The molecule has 1 heterocycles. The van der Waals surface area contributed by atoms with Crippen LogP contribution in [0.15, 0.2) is 36.0 Å². The van der Waals surface area contributed by atoms with Crippen molar-refractivity contribution in [2.75, 3.05) is 0 Å². The van der Waals surface area contributed by atoms with Crippen LogP contribution in [-0.2, 0) is 9.59 Å². The van der Waals surface area contributed by atoms with Gasteiger partial charge in [-0.1, -0.05) is 30.3 Å². The molecule has 0 saturated carbocycles. The molecule has 1 aromatic carbocycles. The average Bonchev–Trinajstić information content (AvgIpc) is 2.27. The molecule has 0 radical (unpaired) electrons. The highest BCUT2D eigenvalue weighted by Gasteiger charge is 2.25. The lowest BCUT2D eigenvalue weighted by molar-refractivity contribution is -0.130. The monoisotopic (exact) mass is 216 g/mol. The van der Waals surface area contributed by atoms with E-state index in [9.17, 15) is 9.59 Å². The molecular formula is C12H12N2O2. The Bertz CT molecular complexity index is 451. The van der Waals surface area contributed by atoms with E-state index in [2.05, 4.69) is 10.6 Å². The second-order valence-electron chi connectivity index (χ2n) is 3.65. The summed E-state index contributed by atoms with van der Waals surface area (Å²) in [4.78, 5) is 22.9. The van der Waals surface area contributed by atoms with Gasteiger partial charge in [-0.25, -0.2) is 0 Å². The second-order valence-corrected chi connectivity index (χ2v) is 3.65. The zero-order valence-corrected chi connectivity index (χ0v) is 8.86. The molecule has 0 aliphatic carbocycles. The van der Waals surface area contributed by atoms with E-state index in [1.54, 1.807) is 13.0 Å². The van der Waals surface area contributed by atoms with Crippen molar-refractivity contribution in [1.29, 1.82) is 0 Å². The Morgan fingerprint density at radius 3 is 2.56 bits per heavy atom. The molecule has 1 aromatic rings. The lowest BCUT2D eigenvalue weighted by atomic mass is 10.1. The molecule has 16 heavy (non-hydrogen) atoms. The summed E-state index contributed by atoms with van der Waals surface area (Å²) in [5.74, 6) is -0.447. The maximum Gasteiger partial charge on any atom is 0.268 e. The molecule has 0 aromatic heterocycles. The van der Waals surface area contributed by atoms with Crippen LogP contribution in [0, 0.1) is 0 Å². The quantitative estimate of drug-likeness (QED) is 0.677. The van der Waals surface area contributed by atoms with E-state index in [4.69, 9.17) is 0 Å². The van der Waals surface area contributed by atoms with Crippen LogP contribution >= 0.6 is 0 Å². The molecule has 4 heteroatoms.